The highest BCUT2D eigenvalue weighted by Gasteiger charge is 2.10. The van der Waals surface area contributed by atoms with Gasteiger partial charge in [-0.05, 0) is 44.1 Å². The Hall–Kier alpha value is -1.10. The lowest BCUT2D eigenvalue weighted by molar-refractivity contribution is 0.0374. The molecule has 0 bridgehead atoms. The number of ether oxygens (including phenoxy) is 1. The molecule has 1 atom stereocenters. The second-order valence-corrected chi connectivity index (χ2v) is 5.97. The van der Waals surface area contributed by atoms with Crippen LogP contribution in [0.1, 0.15) is 24.9 Å². The fourth-order valence-electron chi connectivity index (χ4n) is 2.62. The summed E-state index contributed by atoms with van der Waals surface area (Å²) in [5, 5.41) is 3.62. The first-order chi connectivity index (χ1) is 10.2. The van der Waals surface area contributed by atoms with Crippen LogP contribution >= 0.6 is 0 Å². The Morgan fingerprint density at radius 2 is 1.86 bits per heavy atom. The zero-order valence-electron chi connectivity index (χ0n) is 13.6. The van der Waals surface area contributed by atoms with Crippen molar-refractivity contribution in [1.29, 1.82) is 0 Å². The lowest BCUT2D eigenvalue weighted by atomic mass is 10.1. The van der Waals surface area contributed by atoms with Crippen molar-refractivity contribution in [1.82, 2.24) is 10.2 Å². The lowest BCUT2D eigenvalue weighted by Gasteiger charge is -2.26. The van der Waals surface area contributed by atoms with E-state index in [2.05, 4.69) is 60.4 Å². The molecule has 21 heavy (non-hydrogen) atoms. The monoisotopic (exact) mass is 291 g/mol. The summed E-state index contributed by atoms with van der Waals surface area (Å²) < 4.78 is 5.37. The van der Waals surface area contributed by atoms with Gasteiger partial charge in [0.15, 0.2) is 0 Å². The van der Waals surface area contributed by atoms with Crippen molar-refractivity contribution in [3.05, 3.63) is 29.8 Å². The molecule has 1 unspecified atom stereocenters. The van der Waals surface area contributed by atoms with Gasteiger partial charge >= 0.3 is 0 Å². The Morgan fingerprint density at radius 3 is 2.48 bits per heavy atom. The van der Waals surface area contributed by atoms with E-state index < -0.39 is 0 Å². The summed E-state index contributed by atoms with van der Waals surface area (Å²) in [6.07, 6.45) is 1.19. The molecular formula is C17H29N3O. The number of nitrogens with one attached hydrogen (secondary N) is 1. The van der Waals surface area contributed by atoms with Crippen LogP contribution in [0.15, 0.2) is 24.3 Å². The molecule has 1 heterocycles. The molecule has 1 aliphatic heterocycles. The molecule has 1 saturated heterocycles. The van der Waals surface area contributed by atoms with Crippen molar-refractivity contribution < 1.29 is 4.74 Å². The number of anilines is 1. The second kappa shape index (κ2) is 8.37. The predicted octanol–water partition coefficient (Wildman–Crippen LogP) is 2.13. The first-order valence-corrected chi connectivity index (χ1v) is 7.97. The third-order valence-corrected chi connectivity index (χ3v) is 4.11. The van der Waals surface area contributed by atoms with E-state index in [9.17, 15) is 0 Å². The van der Waals surface area contributed by atoms with Crippen LogP contribution in [-0.4, -0.2) is 58.4 Å². The predicted molar refractivity (Wildman–Crippen MR) is 89.1 cm³/mol. The van der Waals surface area contributed by atoms with Crippen molar-refractivity contribution in [3.8, 4) is 0 Å². The van der Waals surface area contributed by atoms with Gasteiger partial charge in [-0.3, -0.25) is 4.90 Å². The quantitative estimate of drug-likeness (QED) is 0.779. The van der Waals surface area contributed by atoms with E-state index in [1.54, 1.807) is 0 Å². The Kier molecular flexibility index (Phi) is 6.49. The fourth-order valence-corrected chi connectivity index (χ4v) is 2.62. The van der Waals surface area contributed by atoms with E-state index >= 15 is 0 Å². The van der Waals surface area contributed by atoms with E-state index in [0.717, 1.165) is 32.8 Å². The number of hydrogen-bond acceptors (Lipinski definition) is 4. The van der Waals surface area contributed by atoms with Crippen molar-refractivity contribution >= 4 is 5.69 Å². The van der Waals surface area contributed by atoms with E-state index in [1.165, 1.54) is 24.2 Å². The van der Waals surface area contributed by atoms with Crippen LogP contribution in [0.5, 0.6) is 0 Å². The molecule has 0 aliphatic carbocycles. The van der Waals surface area contributed by atoms with E-state index in [0.29, 0.717) is 6.04 Å². The number of morpholine rings is 1. The van der Waals surface area contributed by atoms with Gasteiger partial charge in [0.05, 0.1) is 13.2 Å². The van der Waals surface area contributed by atoms with Crippen LogP contribution in [0.2, 0.25) is 0 Å². The fraction of sp³-hybridized carbons (Fsp3) is 0.647. The van der Waals surface area contributed by atoms with Gasteiger partial charge in [0.25, 0.3) is 0 Å². The summed E-state index contributed by atoms with van der Waals surface area (Å²) in [6.45, 7) is 8.42. The van der Waals surface area contributed by atoms with E-state index in [-0.39, 0.29) is 0 Å². The number of benzene rings is 1. The standard InChI is InChI=1S/C17H29N3O/c1-15(16-5-7-17(8-6-16)19(2)3)18-9-4-10-20-11-13-21-14-12-20/h5-8,15,18H,4,9-14H2,1-3H3. The first-order valence-electron chi connectivity index (χ1n) is 7.97. The molecule has 118 valence electrons. The molecule has 4 nitrogen and oxygen atoms in total. The molecule has 0 amide bonds. The highest BCUT2D eigenvalue weighted by molar-refractivity contribution is 5.46. The van der Waals surface area contributed by atoms with Gasteiger partial charge in [-0.25, -0.2) is 0 Å². The largest absolute Gasteiger partial charge is 0.379 e. The van der Waals surface area contributed by atoms with E-state index in [4.69, 9.17) is 4.74 Å². The third-order valence-electron chi connectivity index (χ3n) is 4.11. The van der Waals surface area contributed by atoms with Crippen molar-refractivity contribution in [3.63, 3.8) is 0 Å². The van der Waals surface area contributed by atoms with Crippen LogP contribution in [0.4, 0.5) is 5.69 Å². The average Bonchev–Trinajstić information content (AvgIpc) is 2.52. The zero-order chi connectivity index (χ0) is 15.1. The summed E-state index contributed by atoms with van der Waals surface area (Å²) in [7, 11) is 4.14. The highest BCUT2D eigenvalue weighted by Crippen LogP contribution is 2.17. The molecule has 0 aromatic heterocycles. The SMILES string of the molecule is CC(NCCCN1CCOCC1)c1ccc(N(C)C)cc1. The summed E-state index contributed by atoms with van der Waals surface area (Å²) in [5.41, 5.74) is 2.60. The minimum atomic E-state index is 0.408. The number of nitrogens with zero attached hydrogens (tertiary/aromatic N) is 2. The summed E-state index contributed by atoms with van der Waals surface area (Å²) in [6, 6.07) is 9.21. The van der Waals surface area contributed by atoms with Crippen LogP contribution in [0, 0.1) is 0 Å². The molecule has 1 aromatic carbocycles. The summed E-state index contributed by atoms with van der Waals surface area (Å²) >= 11 is 0. The van der Waals surface area contributed by atoms with Crippen LogP contribution in [-0.2, 0) is 4.74 Å². The molecule has 1 aromatic rings. The molecule has 0 spiro atoms. The van der Waals surface area contributed by atoms with E-state index in [1.807, 2.05) is 0 Å². The maximum atomic E-state index is 5.37. The Labute approximate surface area is 129 Å². The minimum Gasteiger partial charge on any atom is -0.379 e. The molecule has 1 N–H and O–H groups in total. The number of hydrogen-bond donors (Lipinski definition) is 1. The Bertz CT molecular complexity index is 399. The minimum absolute atomic E-state index is 0.408. The molecule has 4 heteroatoms. The molecular weight excluding hydrogens is 262 g/mol. The van der Waals surface area contributed by atoms with Gasteiger partial charge < -0.3 is 15.0 Å². The van der Waals surface area contributed by atoms with Gasteiger partial charge in [-0.2, -0.15) is 0 Å². The smallest absolute Gasteiger partial charge is 0.0594 e. The molecule has 1 aliphatic rings. The molecule has 1 fully saturated rings. The summed E-state index contributed by atoms with van der Waals surface area (Å²) in [5.74, 6) is 0. The van der Waals surface area contributed by atoms with Gasteiger partial charge in [-0.1, -0.05) is 12.1 Å². The van der Waals surface area contributed by atoms with Gasteiger partial charge in [0.1, 0.15) is 0 Å². The molecule has 0 saturated carbocycles. The average molecular weight is 291 g/mol. The van der Waals surface area contributed by atoms with Crippen LogP contribution in [0.3, 0.4) is 0 Å². The van der Waals surface area contributed by atoms with Crippen LogP contribution < -0.4 is 10.2 Å². The molecule has 0 radical (unpaired) electrons. The van der Waals surface area contributed by atoms with Crippen molar-refractivity contribution in [2.24, 2.45) is 0 Å². The number of rotatable bonds is 7. The van der Waals surface area contributed by atoms with Crippen molar-refractivity contribution in [2.45, 2.75) is 19.4 Å². The van der Waals surface area contributed by atoms with Gasteiger partial charge in [0.2, 0.25) is 0 Å². The second-order valence-electron chi connectivity index (χ2n) is 5.97. The maximum Gasteiger partial charge on any atom is 0.0594 e. The van der Waals surface area contributed by atoms with Gasteiger partial charge in [-0.15, -0.1) is 0 Å². The topological polar surface area (TPSA) is 27.7 Å². The highest BCUT2D eigenvalue weighted by atomic mass is 16.5. The summed E-state index contributed by atoms with van der Waals surface area (Å²) in [4.78, 5) is 4.62. The Morgan fingerprint density at radius 1 is 1.19 bits per heavy atom. The lowest BCUT2D eigenvalue weighted by Crippen LogP contribution is -2.37. The Balaban J connectivity index is 1.67. The van der Waals surface area contributed by atoms with Gasteiger partial charge in [0, 0.05) is 38.9 Å². The zero-order valence-corrected chi connectivity index (χ0v) is 13.6. The molecule has 2 rings (SSSR count). The third kappa shape index (κ3) is 5.30. The maximum absolute atomic E-state index is 5.37. The normalized spacial score (nSPS) is 17.7. The first kappa shape index (κ1) is 16.3. The van der Waals surface area contributed by atoms with Crippen LogP contribution in [0.25, 0.3) is 0 Å². The van der Waals surface area contributed by atoms with Crippen molar-refractivity contribution in [2.75, 3.05) is 58.4 Å².